The maximum absolute atomic E-state index is 13.9. The van der Waals surface area contributed by atoms with Gasteiger partial charge in [-0.1, -0.05) is 57.9 Å². The van der Waals surface area contributed by atoms with E-state index in [1.165, 1.54) is 4.90 Å². The molecule has 38 heavy (non-hydrogen) atoms. The molecule has 0 aliphatic carbocycles. The number of hydrogen-bond acceptors (Lipinski definition) is 4. The van der Waals surface area contributed by atoms with Crippen LogP contribution >= 0.6 is 15.9 Å². The molecule has 0 radical (unpaired) electrons. The summed E-state index contributed by atoms with van der Waals surface area (Å²) in [6.07, 6.45) is 0. The Balaban J connectivity index is 2.08. The molecule has 0 spiro atoms. The number of sulfonamides is 1. The zero-order chi connectivity index (χ0) is 28.0. The van der Waals surface area contributed by atoms with E-state index in [9.17, 15) is 18.0 Å². The van der Waals surface area contributed by atoms with E-state index in [0.29, 0.717) is 12.2 Å². The molecule has 3 rings (SSSR count). The highest BCUT2D eigenvalue weighted by atomic mass is 79.9. The van der Waals surface area contributed by atoms with E-state index >= 15 is 0 Å². The number of hydrogen-bond donors (Lipinski definition) is 1. The summed E-state index contributed by atoms with van der Waals surface area (Å²) in [7, 11) is -4.10. The van der Waals surface area contributed by atoms with Gasteiger partial charge < -0.3 is 10.2 Å². The van der Waals surface area contributed by atoms with Crippen molar-refractivity contribution in [2.45, 2.75) is 52.1 Å². The number of anilines is 1. The summed E-state index contributed by atoms with van der Waals surface area (Å²) in [5, 5.41) is 2.77. The number of likely N-dealkylation sites (N-methyl/N-ethyl adjacent to an activating group) is 1. The minimum Gasteiger partial charge on any atom is -0.355 e. The molecule has 2 amide bonds. The summed E-state index contributed by atoms with van der Waals surface area (Å²) >= 11 is 3.45. The molecule has 0 unspecified atom stereocenters. The summed E-state index contributed by atoms with van der Waals surface area (Å²) in [6, 6.07) is 18.6. The van der Waals surface area contributed by atoms with Gasteiger partial charge in [-0.3, -0.25) is 13.9 Å². The van der Waals surface area contributed by atoms with Gasteiger partial charge in [0.25, 0.3) is 10.0 Å². The maximum atomic E-state index is 13.9. The topological polar surface area (TPSA) is 86.8 Å². The Hall–Kier alpha value is -3.17. The van der Waals surface area contributed by atoms with Crippen LogP contribution in [0.15, 0.2) is 76.1 Å². The molecule has 202 valence electrons. The van der Waals surface area contributed by atoms with Crippen LogP contribution in [0, 0.1) is 20.8 Å². The minimum absolute atomic E-state index is 0.0899. The largest absolute Gasteiger partial charge is 0.355 e. The number of carbonyl (C=O) groups excluding carboxylic acids is 2. The lowest BCUT2D eigenvalue weighted by Gasteiger charge is -2.32. The number of amides is 2. The fraction of sp³-hybridized carbons (Fsp3) is 0.310. The molecule has 0 saturated carbocycles. The second kappa shape index (κ2) is 12.6. The van der Waals surface area contributed by atoms with Gasteiger partial charge in [0.2, 0.25) is 11.8 Å². The first-order chi connectivity index (χ1) is 17.9. The maximum Gasteiger partial charge on any atom is 0.264 e. The summed E-state index contributed by atoms with van der Waals surface area (Å²) in [5.74, 6) is -0.796. The number of aryl methyl sites for hydroxylation is 2. The van der Waals surface area contributed by atoms with Gasteiger partial charge >= 0.3 is 0 Å². The van der Waals surface area contributed by atoms with Crippen LogP contribution in [0.25, 0.3) is 0 Å². The molecule has 1 N–H and O–H groups in total. The van der Waals surface area contributed by atoms with Gasteiger partial charge in [-0.05, 0) is 81.6 Å². The zero-order valence-corrected chi connectivity index (χ0v) is 24.8. The van der Waals surface area contributed by atoms with Crippen molar-refractivity contribution in [2.24, 2.45) is 0 Å². The summed E-state index contributed by atoms with van der Waals surface area (Å²) in [4.78, 5) is 28.2. The van der Waals surface area contributed by atoms with Crippen LogP contribution < -0.4 is 9.62 Å². The van der Waals surface area contributed by atoms with Gasteiger partial charge in [-0.15, -0.1) is 0 Å². The summed E-state index contributed by atoms with van der Waals surface area (Å²) in [6.45, 7) is 9.17. The van der Waals surface area contributed by atoms with E-state index in [0.717, 1.165) is 31.0 Å². The molecule has 3 aromatic rings. The third-order valence-electron chi connectivity index (χ3n) is 6.49. The second-order valence-corrected chi connectivity index (χ2v) is 12.0. The Labute approximate surface area is 234 Å². The molecule has 0 heterocycles. The first kappa shape index (κ1) is 29.4. The van der Waals surface area contributed by atoms with Crippen LogP contribution in [-0.4, -0.2) is 44.3 Å². The van der Waals surface area contributed by atoms with E-state index in [1.54, 1.807) is 43.3 Å². The summed E-state index contributed by atoms with van der Waals surface area (Å²) < 4.78 is 29.9. The Bertz CT molecular complexity index is 1410. The predicted molar refractivity (Wildman–Crippen MR) is 154 cm³/mol. The van der Waals surface area contributed by atoms with Crippen molar-refractivity contribution in [3.63, 3.8) is 0 Å². The first-order valence-corrected chi connectivity index (χ1v) is 14.7. The van der Waals surface area contributed by atoms with Gasteiger partial charge in [-0.2, -0.15) is 0 Å². The smallest absolute Gasteiger partial charge is 0.264 e. The van der Waals surface area contributed by atoms with Crippen molar-refractivity contribution < 1.29 is 18.0 Å². The highest BCUT2D eigenvalue weighted by Crippen LogP contribution is 2.29. The molecule has 0 aromatic heterocycles. The van der Waals surface area contributed by atoms with Crippen LogP contribution in [0.1, 0.15) is 36.1 Å². The van der Waals surface area contributed by atoms with Gasteiger partial charge in [0, 0.05) is 17.6 Å². The van der Waals surface area contributed by atoms with Gasteiger partial charge in [0.15, 0.2) is 0 Å². The van der Waals surface area contributed by atoms with Crippen LogP contribution in [0.4, 0.5) is 5.69 Å². The van der Waals surface area contributed by atoms with Crippen molar-refractivity contribution in [2.75, 3.05) is 17.4 Å². The van der Waals surface area contributed by atoms with Crippen molar-refractivity contribution in [3.8, 4) is 0 Å². The minimum atomic E-state index is -4.10. The number of nitrogens with one attached hydrogen (secondary N) is 1. The molecular formula is C29H34BrN3O4S. The molecule has 0 aliphatic heterocycles. The monoisotopic (exact) mass is 599 g/mol. The standard InChI is InChI=1S/C29H34BrN3O4S/c1-6-31-29(35)23(5)32(18-24-10-8-11-25(30)17-24)28(34)19-33(27-12-7-9-21(3)22(27)4)38(36,37)26-15-13-20(2)14-16-26/h7-17,23H,6,18-19H2,1-5H3,(H,31,35)/t23-/m1/s1. The molecule has 0 fully saturated rings. The van der Waals surface area contributed by atoms with Crippen molar-refractivity contribution in [3.05, 3.63) is 93.5 Å². The fourth-order valence-corrected chi connectivity index (χ4v) is 6.01. The number of nitrogens with zero attached hydrogens (tertiary/aromatic N) is 2. The lowest BCUT2D eigenvalue weighted by molar-refractivity contribution is -0.139. The highest BCUT2D eigenvalue weighted by Gasteiger charge is 2.33. The highest BCUT2D eigenvalue weighted by molar-refractivity contribution is 9.10. The average molecular weight is 601 g/mol. The molecule has 7 nitrogen and oxygen atoms in total. The fourth-order valence-electron chi connectivity index (χ4n) is 4.09. The SMILES string of the molecule is CCNC(=O)[C@@H](C)N(Cc1cccc(Br)c1)C(=O)CN(c1cccc(C)c1C)S(=O)(=O)c1ccc(C)cc1. The van der Waals surface area contributed by atoms with E-state index in [1.807, 2.05) is 58.0 Å². The Morgan fingerprint density at radius 1 is 0.974 bits per heavy atom. The third kappa shape index (κ3) is 6.82. The quantitative estimate of drug-likeness (QED) is 0.350. The second-order valence-electron chi connectivity index (χ2n) is 9.27. The van der Waals surface area contributed by atoms with E-state index in [2.05, 4.69) is 21.2 Å². The zero-order valence-electron chi connectivity index (χ0n) is 22.4. The van der Waals surface area contributed by atoms with Crippen LogP contribution in [-0.2, 0) is 26.2 Å². The van der Waals surface area contributed by atoms with Crippen molar-refractivity contribution >= 4 is 43.5 Å². The number of halogens is 1. The lowest BCUT2D eigenvalue weighted by Crippen LogP contribution is -2.51. The van der Waals surface area contributed by atoms with Crippen LogP contribution in [0.2, 0.25) is 0 Å². The first-order valence-electron chi connectivity index (χ1n) is 12.4. The van der Waals surface area contributed by atoms with Crippen molar-refractivity contribution in [1.29, 1.82) is 0 Å². The number of rotatable bonds is 10. The molecule has 9 heteroatoms. The Morgan fingerprint density at radius 3 is 2.26 bits per heavy atom. The molecule has 0 saturated heterocycles. The van der Waals surface area contributed by atoms with Gasteiger partial charge in [-0.25, -0.2) is 8.42 Å². The number of carbonyl (C=O) groups is 2. The Morgan fingerprint density at radius 2 is 1.63 bits per heavy atom. The van der Waals surface area contributed by atoms with Crippen molar-refractivity contribution in [1.82, 2.24) is 10.2 Å². The van der Waals surface area contributed by atoms with E-state index in [-0.39, 0.29) is 17.3 Å². The normalized spacial score (nSPS) is 12.1. The predicted octanol–water partition coefficient (Wildman–Crippen LogP) is 5.12. The summed E-state index contributed by atoms with van der Waals surface area (Å²) in [5.41, 5.74) is 3.82. The molecule has 3 aromatic carbocycles. The van der Waals surface area contributed by atoms with E-state index < -0.39 is 28.5 Å². The number of benzene rings is 3. The van der Waals surface area contributed by atoms with Gasteiger partial charge in [0.05, 0.1) is 10.6 Å². The Kier molecular flexibility index (Phi) is 9.73. The average Bonchev–Trinajstić information content (AvgIpc) is 2.87. The molecule has 0 aliphatic rings. The molecule has 0 bridgehead atoms. The van der Waals surface area contributed by atoms with Crippen LogP contribution in [0.3, 0.4) is 0 Å². The van der Waals surface area contributed by atoms with Gasteiger partial charge in [0.1, 0.15) is 12.6 Å². The molecular weight excluding hydrogens is 566 g/mol. The molecule has 1 atom stereocenters. The van der Waals surface area contributed by atoms with Crippen LogP contribution in [0.5, 0.6) is 0 Å². The lowest BCUT2D eigenvalue weighted by atomic mass is 10.1. The third-order valence-corrected chi connectivity index (χ3v) is 8.76. The van der Waals surface area contributed by atoms with E-state index in [4.69, 9.17) is 0 Å².